The molecule has 1 N–H and O–H groups in total. The number of amides is 1. The number of aromatic nitrogens is 4. The second-order valence-corrected chi connectivity index (χ2v) is 6.06. The summed E-state index contributed by atoms with van der Waals surface area (Å²) in [4.78, 5) is 45.5. The number of hydrogen-bond acceptors (Lipinski definition) is 4. The molecule has 2 aromatic rings. The first kappa shape index (κ1) is 15.5. The van der Waals surface area contributed by atoms with E-state index >= 15 is 0 Å². The number of nitrogens with one attached hydrogen (secondary N) is 1. The quantitative estimate of drug-likeness (QED) is 0.848. The smallest absolute Gasteiger partial charge is 0.332 e. The third kappa shape index (κ3) is 2.47. The van der Waals surface area contributed by atoms with Crippen LogP contribution in [-0.2, 0) is 18.9 Å². The highest BCUT2D eigenvalue weighted by Crippen LogP contribution is 2.26. The van der Waals surface area contributed by atoms with Crippen LogP contribution in [0.3, 0.4) is 0 Å². The topological polar surface area (TPSA) is 93.0 Å². The number of aryl methyl sites for hydroxylation is 1. The van der Waals surface area contributed by atoms with Crippen molar-refractivity contribution in [3.8, 4) is 0 Å². The molecule has 0 aliphatic carbocycles. The second-order valence-electron chi connectivity index (χ2n) is 6.06. The number of nitrogens with zero attached hydrogens (tertiary/aromatic N) is 4. The summed E-state index contributed by atoms with van der Waals surface area (Å²) in [5.74, 6) is 0.868. The summed E-state index contributed by atoms with van der Waals surface area (Å²) in [7, 11) is 3.05. The molecule has 1 aliphatic heterocycles. The van der Waals surface area contributed by atoms with E-state index in [9.17, 15) is 14.4 Å². The third-order valence-electron chi connectivity index (χ3n) is 4.58. The molecule has 1 unspecified atom stereocenters. The van der Waals surface area contributed by atoms with Gasteiger partial charge in [-0.3, -0.25) is 18.7 Å². The highest BCUT2D eigenvalue weighted by molar-refractivity contribution is 5.76. The Labute approximate surface area is 132 Å². The van der Waals surface area contributed by atoms with Crippen molar-refractivity contribution >= 4 is 17.1 Å². The minimum absolute atomic E-state index is 0.0615. The van der Waals surface area contributed by atoms with Crippen LogP contribution in [0.5, 0.6) is 0 Å². The predicted molar refractivity (Wildman–Crippen MR) is 85.4 cm³/mol. The summed E-state index contributed by atoms with van der Waals surface area (Å²) in [5, 5.41) is 0. The number of hydrogen-bond donors (Lipinski definition) is 1. The van der Waals surface area contributed by atoms with Crippen LogP contribution >= 0.6 is 0 Å². The summed E-state index contributed by atoms with van der Waals surface area (Å²) in [6.45, 7) is 3.22. The van der Waals surface area contributed by atoms with Gasteiger partial charge in [0.1, 0.15) is 11.3 Å². The van der Waals surface area contributed by atoms with Crippen molar-refractivity contribution in [3.05, 3.63) is 26.7 Å². The van der Waals surface area contributed by atoms with Crippen molar-refractivity contribution in [1.82, 2.24) is 24.0 Å². The second kappa shape index (κ2) is 5.68. The van der Waals surface area contributed by atoms with Crippen molar-refractivity contribution in [2.45, 2.75) is 32.1 Å². The molecule has 8 nitrogen and oxygen atoms in total. The van der Waals surface area contributed by atoms with Crippen LogP contribution in [0.25, 0.3) is 11.2 Å². The fourth-order valence-corrected chi connectivity index (χ4v) is 3.19. The molecular weight excluding hydrogens is 298 g/mol. The van der Waals surface area contributed by atoms with Gasteiger partial charge in [-0.05, 0) is 12.8 Å². The zero-order valence-electron chi connectivity index (χ0n) is 13.6. The molecule has 0 spiro atoms. The molecule has 2 aromatic heterocycles. The predicted octanol–water partition coefficient (Wildman–Crippen LogP) is 0.0763. The van der Waals surface area contributed by atoms with E-state index in [1.54, 1.807) is 7.05 Å². The molecule has 124 valence electrons. The molecule has 0 saturated carbocycles. The van der Waals surface area contributed by atoms with E-state index in [1.807, 2.05) is 11.8 Å². The Morgan fingerprint density at radius 3 is 2.74 bits per heavy atom. The summed E-state index contributed by atoms with van der Waals surface area (Å²) in [5.41, 5.74) is -0.0679. The Bertz CT molecular complexity index is 876. The van der Waals surface area contributed by atoms with E-state index in [4.69, 9.17) is 0 Å². The third-order valence-corrected chi connectivity index (χ3v) is 4.58. The van der Waals surface area contributed by atoms with E-state index in [0.29, 0.717) is 30.0 Å². The largest absolute Gasteiger partial charge is 0.342 e. The standard InChI is InChI=1S/C15H21N5O3/c1-4-10(21)20-7-5-6-9(8-20)12-16-11-13(17-12)18(2)15(23)19(3)14(11)22/h9H,4-8H2,1-3H3,(H,16,17). The fourth-order valence-electron chi connectivity index (χ4n) is 3.19. The average Bonchev–Trinajstić information content (AvgIpc) is 3.03. The maximum atomic E-state index is 12.2. The van der Waals surface area contributed by atoms with Gasteiger partial charge in [-0.15, -0.1) is 0 Å². The minimum Gasteiger partial charge on any atom is -0.342 e. The Morgan fingerprint density at radius 2 is 2.04 bits per heavy atom. The number of H-pyrrole nitrogens is 1. The molecule has 1 aliphatic rings. The van der Waals surface area contributed by atoms with E-state index in [-0.39, 0.29) is 17.4 Å². The van der Waals surface area contributed by atoms with E-state index in [0.717, 1.165) is 24.0 Å². The Balaban J connectivity index is 2.03. The van der Waals surface area contributed by atoms with E-state index in [2.05, 4.69) is 9.97 Å². The van der Waals surface area contributed by atoms with Crippen LogP contribution in [0, 0.1) is 0 Å². The Kier molecular flexibility index (Phi) is 3.83. The van der Waals surface area contributed by atoms with Crippen molar-refractivity contribution in [2.24, 2.45) is 14.1 Å². The average molecular weight is 319 g/mol. The maximum Gasteiger partial charge on any atom is 0.332 e. The lowest BCUT2D eigenvalue weighted by Gasteiger charge is -2.31. The Morgan fingerprint density at radius 1 is 1.30 bits per heavy atom. The monoisotopic (exact) mass is 319 g/mol. The minimum atomic E-state index is -0.396. The molecule has 8 heteroatoms. The van der Waals surface area contributed by atoms with Gasteiger partial charge in [0.15, 0.2) is 5.65 Å². The maximum absolute atomic E-state index is 12.2. The van der Waals surface area contributed by atoms with Gasteiger partial charge in [0.25, 0.3) is 5.56 Å². The summed E-state index contributed by atoms with van der Waals surface area (Å²) < 4.78 is 2.44. The first-order valence-electron chi connectivity index (χ1n) is 7.87. The van der Waals surface area contributed by atoms with Gasteiger partial charge in [0, 0.05) is 39.5 Å². The number of fused-ring (bicyclic) bond motifs is 1. The normalized spacial score (nSPS) is 18.6. The Hall–Kier alpha value is -2.38. The number of piperidine rings is 1. The number of carbonyl (C=O) groups excluding carboxylic acids is 1. The molecule has 0 bridgehead atoms. The summed E-state index contributed by atoms with van der Waals surface area (Å²) in [6.07, 6.45) is 2.30. The lowest BCUT2D eigenvalue weighted by Crippen LogP contribution is -2.39. The molecule has 3 heterocycles. The molecule has 1 amide bonds. The number of rotatable bonds is 2. The zero-order chi connectivity index (χ0) is 16.7. The molecule has 1 saturated heterocycles. The van der Waals surface area contributed by atoms with E-state index in [1.165, 1.54) is 11.6 Å². The van der Waals surface area contributed by atoms with Crippen LogP contribution < -0.4 is 11.2 Å². The van der Waals surface area contributed by atoms with Crippen molar-refractivity contribution in [3.63, 3.8) is 0 Å². The highest BCUT2D eigenvalue weighted by Gasteiger charge is 2.27. The van der Waals surface area contributed by atoms with Gasteiger partial charge in [-0.25, -0.2) is 9.78 Å². The van der Waals surface area contributed by atoms with Crippen LogP contribution in [0.1, 0.15) is 37.9 Å². The summed E-state index contributed by atoms with van der Waals surface area (Å²) in [6, 6.07) is 0. The van der Waals surface area contributed by atoms with E-state index < -0.39 is 5.69 Å². The van der Waals surface area contributed by atoms with Crippen LogP contribution in [-0.4, -0.2) is 43.0 Å². The van der Waals surface area contributed by atoms with Gasteiger partial charge >= 0.3 is 5.69 Å². The lowest BCUT2D eigenvalue weighted by molar-refractivity contribution is -0.132. The zero-order valence-corrected chi connectivity index (χ0v) is 13.6. The number of imidazole rings is 1. The molecule has 3 rings (SSSR count). The van der Waals surface area contributed by atoms with Crippen molar-refractivity contribution < 1.29 is 4.79 Å². The van der Waals surface area contributed by atoms with Gasteiger partial charge in [0.05, 0.1) is 0 Å². The van der Waals surface area contributed by atoms with Crippen LogP contribution in [0.4, 0.5) is 0 Å². The highest BCUT2D eigenvalue weighted by atomic mass is 16.2. The van der Waals surface area contributed by atoms with Gasteiger partial charge < -0.3 is 9.88 Å². The van der Waals surface area contributed by atoms with Crippen LogP contribution in [0.2, 0.25) is 0 Å². The molecule has 1 fully saturated rings. The summed E-state index contributed by atoms with van der Waals surface area (Å²) >= 11 is 0. The number of carbonyl (C=O) groups is 1. The molecule has 0 aromatic carbocycles. The molecule has 0 radical (unpaired) electrons. The van der Waals surface area contributed by atoms with Crippen LogP contribution in [0.15, 0.2) is 9.59 Å². The SMILES string of the molecule is CCC(=O)N1CCCC(c2nc3c([nH]2)c(=O)n(C)c(=O)n3C)C1. The first-order chi connectivity index (χ1) is 10.9. The first-order valence-corrected chi connectivity index (χ1v) is 7.87. The molecule has 23 heavy (non-hydrogen) atoms. The van der Waals surface area contributed by atoms with Crippen molar-refractivity contribution in [2.75, 3.05) is 13.1 Å². The fraction of sp³-hybridized carbons (Fsp3) is 0.600. The van der Waals surface area contributed by atoms with Gasteiger partial charge in [-0.1, -0.05) is 6.92 Å². The van der Waals surface area contributed by atoms with Gasteiger partial charge in [0.2, 0.25) is 5.91 Å². The van der Waals surface area contributed by atoms with Crippen molar-refractivity contribution in [1.29, 1.82) is 0 Å². The number of aromatic amines is 1. The van der Waals surface area contributed by atoms with Gasteiger partial charge in [-0.2, -0.15) is 0 Å². The molecular formula is C15H21N5O3. The molecule has 1 atom stereocenters. The number of likely N-dealkylation sites (tertiary alicyclic amines) is 1. The lowest BCUT2D eigenvalue weighted by atomic mass is 9.97.